The molecule has 0 aliphatic carbocycles. The molecule has 0 saturated carbocycles. The fraction of sp³-hybridized carbons (Fsp3) is 0.348. The number of thiol groups is 1. The van der Waals surface area contributed by atoms with Crippen LogP contribution in [0.2, 0.25) is 0 Å². The maximum Gasteiger partial charge on any atom is 0.277 e. The van der Waals surface area contributed by atoms with E-state index in [9.17, 15) is 9.90 Å². The first kappa shape index (κ1) is 22.2. The zero-order valence-corrected chi connectivity index (χ0v) is 20.0. The number of nitrogens with zero attached hydrogens (tertiary/aromatic N) is 6. The number of aromatic nitrogens is 3. The van der Waals surface area contributed by atoms with Crippen LogP contribution in [0.3, 0.4) is 0 Å². The van der Waals surface area contributed by atoms with Crippen LogP contribution in [0.1, 0.15) is 16.2 Å². The minimum atomic E-state index is -0.933. The van der Waals surface area contributed by atoms with Crippen molar-refractivity contribution in [2.45, 2.75) is 17.9 Å². The minimum Gasteiger partial charge on any atom is -0.444 e. The van der Waals surface area contributed by atoms with Crippen LogP contribution >= 0.6 is 11.1 Å². The lowest BCUT2D eigenvalue weighted by Crippen LogP contribution is -2.51. The van der Waals surface area contributed by atoms with Gasteiger partial charge in [0.25, 0.3) is 5.91 Å². The van der Waals surface area contributed by atoms with Crippen molar-refractivity contribution in [1.29, 1.82) is 0 Å². The Labute approximate surface area is 204 Å². The lowest BCUT2D eigenvalue weighted by molar-refractivity contribution is 0.0593. The lowest BCUT2D eigenvalue weighted by atomic mass is 10.2. The molecule has 1 atom stereocenters. The van der Waals surface area contributed by atoms with Crippen LogP contribution in [0.25, 0.3) is 11.5 Å². The fourth-order valence-corrected chi connectivity index (χ4v) is 6.93. The molecule has 3 aliphatic rings. The number of nitrogens with one attached hydrogen (secondary N) is 1. The average Bonchev–Trinajstić information content (AvgIpc) is 3.48. The zero-order valence-electron chi connectivity index (χ0n) is 19.1. The van der Waals surface area contributed by atoms with E-state index >= 15 is 0 Å². The van der Waals surface area contributed by atoms with E-state index < -0.39 is 11.1 Å². The maximum atomic E-state index is 12.9. The maximum absolute atomic E-state index is 12.9. The van der Waals surface area contributed by atoms with Crippen LogP contribution in [0, 0.1) is 6.92 Å². The number of rotatable bonds is 4. The number of oxazole rings is 1. The van der Waals surface area contributed by atoms with Gasteiger partial charge in [-0.2, -0.15) is 0 Å². The first-order valence-electron chi connectivity index (χ1n) is 11.4. The molecule has 3 aromatic rings. The van der Waals surface area contributed by atoms with Crippen LogP contribution in [0.4, 0.5) is 11.5 Å². The summed E-state index contributed by atoms with van der Waals surface area (Å²) < 4.78 is 13.3. The number of carbonyl (C=O) groups is 1. The first-order chi connectivity index (χ1) is 17.0. The summed E-state index contributed by atoms with van der Waals surface area (Å²) >= 11 is -0.933. The number of amides is 1. The fourth-order valence-electron chi connectivity index (χ4n) is 4.23. The SMILES string of the molecule is Cc1cc(-c2nc(C(=O)Nc3cnc4c(c3)[SH](N3CC(O)C3)C(N3CCOCC3)=N4)co2)ccn1. The second kappa shape index (κ2) is 9.04. The van der Waals surface area contributed by atoms with Crippen LogP contribution < -0.4 is 5.32 Å². The number of aliphatic hydroxyl groups excluding tert-OH is 1. The van der Waals surface area contributed by atoms with Crippen LogP contribution in [-0.2, 0) is 4.74 Å². The number of aliphatic hydroxyl groups is 1. The molecule has 2 fully saturated rings. The smallest absolute Gasteiger partial charge is 0.277 e. The highest BCUT2D eigenvalue weighted by molar-refractivity contribution is 8.28. The van der Waals surface area contributed by atoms with E-state index in [0.717, 1.165) is 34.4 Å². The molecule has 2 N–H and O–H groups in total. The van der Waals surface area contributed by atoms with E-state index in [1.807, 2.05) is 19.1 Å². The number of pyridine rings is 2. The molecule has 3 aromatic heterocycles. The summed E-state index contributed by atoms with van der Waals surface area (Å²) in [5.74, 6) is 0.633. The van der Waals surface area contributed by atoms with Crippen molar-refractivity contribution in [2.75, 3.05) is 44.7 Å². The Balaban J connectivity index is 1.22. The highest BCUT2D eigenvalue weighted by Crippen LogP contribution is 2.54. The number of morpholine rings is 1. The van der Waals surface area contributed by atoms with E-state index in [0.29, 0.717) is 43.7 Å². The van der Waals surface area contributed by atoms with Crippen LogP contribution in [0.5, 0.6) is 0 Å². The molecule has 6 heterocycles. The number of anilines is 1. The van der Waals surface area contributed by atoms with Crippen molar-refractivity contribution < 1.29 is 19.1 Å². The Morgan fingerprint density at radius 1 is 1.23 bits per heavy atom. The molecule has 0 aromatic carbocycles. The number of carbonyl (C=O) groups excluding carboxylic acids is 1. The molecule has 35 heavy (non-hydrogen) atoms. The Morgan fingerprint density at radius 3 is 2.83 bits per heavy atom. The predicted octanol–water partition coefficient (Wildman–Crippen LogP) is 1.98. The lowest BCUT2D eigenvalue weighted by Gasteiger charge is -2.45. The van der Waals surface area contributed by atoms with Crippen molar-refractivity contribution >= 4 is 33.7 Å². The van der Waals surface area contributed by atoms with Gasteiger partial charge in [-0.25, -0.2) is 15.0 Å². The summed E-state index contributed by atoms with van der Waals surface area (Å²) in [6.07, 6.45) is 4.30. The molecule has 0 spiro atoms. The van der Waals surface area contributed by atoms with Gasteiger partial charge in [0.05, 0.1) is 36.1 Å². The van der Waals surface area contributed by atoms with E-state index in [4.69, 9.17) is 14.1 Å². The Kier molecular flexibility index (Phi) is 5.72. The molecule has 1 amide bonds. The van der Waals surface area contributed by atoms with Gasteiger partial charge in [-0.05, 0) is 25.1 Å². The topological polar surface area (TPSA) is 129 Å². The molecule has 3 aliphatic heterocycles. The van der Waals surface area contributed by atoms with E-state index in [1.54, 1.807) is 18.5 Å². The Morgan fingerprint density at radius 2 is 2.06 bits per heavy atom. The van der Waals surface area contributed by atoms with Crippen LogP contribution in [-0.4, -0.2) is 85.8 Å². The van der Waals surface area contributed by atoms with Gasteiger partial charge in [-0.15, -0.1) is 11.1 Å². The molecule has 0 radical (unpaired) electrons. The zero-order chi connectivity index (χ0) is 23.9. The molecule has 182 valence electrons. The van der Waals surface area contributed by atoms with Gasteiger partial charge in [0.1, 0.15) is 6.26 Å². The van der Waals surface area contributed by atoms with Crippen molar-refractivity contribution in [3.05, 3.63) is 48.2 Å². The third kappa shape index (κ3) is 4.29. The number of hydrogen-bond acceptors (Lipinski definition) is 10. The summed E-state index contributed by atoms with van der Waals surface area (Å²) in [7, 11) is 0. The quantitative estimate of drug-likeness (QED) is 0.465. The number of ether oxygens (including phenoxy) is 1. The average molecular weight is 496 g/mol. The monoisotopic (exact) mass is 495 g/mol. The predicted molar refractivity (Wildman–Crippen MR) is 131 cm³/mol. The number of aliphatic imine (C=N–C) groups is 1. The molecule has 1 unspecified atom stereocenters. The summed E-state index contributed by atoms with van der Waals surface area (Å²) in [5.41, 5.74) is 2.32. The highest BCUT2D eigenvalue weighted by Gasteiger charge is 2.39. The molecular weight excluding hydrogens is 470 g/mol. The standard InChI is InChI=1S/C23H25N7O4S/c1-14-8-15(2-3-24-14)22-27-18(13-34-22)21(32)26-16-9-19-20(25-10-16)28-23(29-4-6-33-7-5-29)35(19)30-11-17(31)12-30/h2-3,8-10,13,17,31,35H,4-7,11-12H2,1H3,(H,26,32). The second-order valence-electron chi connectivity index (χ2n) is 8.59. The summed E-state index contributed by atoms with van der Waals surface area (Å²) in [4.78, 5) is 34.0. The number of β-amino-alcohol motifs (C(OH)–C–C–N with tert-alkyl or cyclic N) is 1. The highest BCUT2D eigenvalue weighted by atomic mass is 32.2. The summed E-state index contributed by atoms with van der Waals surface area (Å²) in [6.45, 7) is 5.95. The molecule has 0 bridgehead atoms. The third-order valence-electron chi connectivity index (χ3n) is 6.03. The second-order valence-corrected chi connectivity index (χ2v) is 10.7. The van der Waals surface area contributed by atoms with Gasteiger partial charge in [0, 0.05) is 43.6 Å². The summed E-state index contributed by atoms with van der Waals surface area (Å²) in [5, 5.41) is 13.8. The Hall–Kier alpha value is -3.32. The largest absolute Gasteiger partial charge is 0.444 e. The molecular formula is C23H25N7O4S. The van der Waals surface area contributed by atoms with Crippen molar-refractivity contribution in [1.82, 2.24) is 24.2 Å². The van der Waals surface area contributed by atoms with Gasteiger partial charge in [0.2, 0.25) is 5.89 Å². The number of aryl methyl sites for hydroxylation is 1. The molecule has 11 nitrogen and oxygen atoms in total. The van der Waals surface area contributed by atoms with E-state index in [2.05, 4.69) is 29.5 Å². The van der Waals surface area contributed by atoms with Crippen molar-refractivity contribution in [3.63, 3.8) is 0 Å². The normalized spacial score (nSPS) is 21.4. The first-order valence-corrected chi connectivity index (χ1v) is 12.7. The molecule has 12 heteroatoms. The number of fused-ring (bicyclic) bond motifs is 1. The van der Waals surface area contributed by atoms with Gasteiger partial charge in [-0.3, -0.25) is 14.1 Å². The molecule has 6 rings (SSSR count). The van der Waals surface area contributed by atoms with Gasteiger partial charge >= 0.3 is 0 Å². The van der Waals surface area contributed by atoms with E-state index in [1.165, 1.54) is 6.26 Å². The number of amidine groups is 1. The minimum absolute atomic E-state index is 0.174. The third-order valence-corrected chi connectivity index (χ3v) is 8.47. The molecule has 2 saturated heterocycles. The van der Waals surface area contributed by atoms with Gasteiger partial charge in [-0.1, -0.05) is 0 Å². The van der Waals surface area contributed by atoms with Crippen LogP contribution in [0.15, 0.2) is 51.2 Å². The van der Waals surface area contributed by atoms with Crippen molar-refractivity contribution in [3.8, 4) is 11.5 Å². The van der Waals surface area contributed by atoms with Crippen molar-refractivity contribution in [2.24, 2.45) is 4.99 Å². The Bertz CT molecular complexity index is 1300. The van der Waals surface area contributed by atoms with E-state index in [-0.39, 0.29) is 17.7 Å². The van der Waals surface area contributed by atoms with Gasteiger partial charge < -0.3 is 24.5 Å². The van der Waals surface area contributed by atoms with Gasteiger partial charge in [0.15, 0.2) is 16.7 Å². The summed E-state index contributed by atoms with van der Waals surface area (Å²) in [6, 6.07) is 5.56. The number of hydrogen-bond donors (Lipinski definition) is 3.